The third kappa shape index (κ3) is 4.78. The van der Waals surface area contributed by atoms with Gasteiger partial charge in [-0.15, -0.1) is 5.10 Å². The van der Waals surface area contributed by atoms with Crippen molar-refractivity contribution in [3.8, 4) is 0 Å². The second kappa shape index (κ2) is 8.42. The lowest BCUT2D eigenvalue weighted by Crippen LogP contribution is -2.36. The Balaban J connectivity index is 1.61. The Bertz CT molecular complexity index is 721. The summed E-state index contributed by atoms with van der Waals surface area (Å²) in [7, 11) is 0. The van der Waals surface area contributed by atoms with Crippen LogP contribution in [0.4, 0.5) is 0 Å². The van der Waals surface area contributed by atoms with E-state index in [9.17, 15) is 4.79 Å². The number of carbonyl (C=O) groups is 1. The molecule has 1 saturated heterocycles. The minimum atomic E-state index is -0.313. The molecular weight excluding hydrogens is 342 g/mol. The van der Waals surface area contributed by atoms with Crippen LogP contribution in [-0.4, -0.2) is 57.1 Å². The maximum atomic E-state index is 11.9. The van der Waals surface area contributed by atoms with Gasteiger partial charge < -0.3 is 10.4 Å². The smallest absolute Gasteiger partial charge is 0.273 e. The summed E-state index contributed by atoms with van der Waals surface area (Å²) in [5.74, 6) is -0.313. The van der Waals surface area contributed by atoms with E-state index < -0.39 is 0 Å². The maximum absolute atomic E-state index is 11.9. The number of hydrogen-bond acceptors (Lipinski definition) is 5. The predicted molar refractivity (Wildman–Crippen MR) is 94.4 cm³/mol. The van der Waals surface area contributed by atoms with Crippen molar-refractivity contribution < 1.29 is 9.90 Å². The minimum absolute atomic E-state index is 0.0963. The molecule has 1 aliphatic rings. The van der Waals surface area contributed by atoms with Crippen molar-refractivity contribution >= 4 is 17.5 Å². The summed E-state index contributed by atoms with van der Waals surface area (Å²) in [5, 5.41) is 20.2. The summed E-state index contributed by atoms with van der Waals surface area (Å²) in [6.07, 6.45) is 3.75. The number of amides is 1. The van der Waals surface area contributed by atoms with Crippen molar-refractivity contribution in [2.24, 2.45) is 0 Å². The lowest BCUT2D eigenvalue weighted by atomic mass is 10.0. The third-order valence-electron chi connectivity index (χ3n) is 4.29. The molecule has 3 rings (SSSR count). The first-order chi connectivity index (χ1) is 12.2. The molecule has 2 aromatic rings. The van der Waals surface area contributed by atoms with E-state index in [0.717, 1.165) is 37.5 Å². The molecule has 7 nitrogen and oxygen atoms in total. The molecule has 25 heavy (non-hydrogen) atoms. The predicted octanol–water partition coefficient (Wildman–Crippen LogP) is 1.49. The van der Waals surface area contributed by atoms with Crippen molar-refractivity contribution in [2.75, 3.05) is 26.2 Å². The number of halogens is 1. The van der Waals surface area contributed by atoms with E-state index >= 15 is 0 Å². The highest BCUT2D eigenvalue weighted by atomic mass is 35.5. The molecule has 1 atom stereocenters. The Hall–Kier alpha value is -1.96. The van der Waals surface area contributed by atoms with E-state index in [1.165, 1.54) is 5.56 Å². The van der Waals surface area contributed by atoms with Crippen LogP contribution in [0.1, 0.15) is 34.9 Å². The van der Waals surface area contributed by atoms with Gasteiger partial charge in [-0.3, -0.25) is 9.69 Å². The quantitative estimate of drug-likeness (QED) is 0.812. The first kappa shape index (κ1) is 17.8. The van der Waals surface area contributed by atoms with Crippen molar-refractivity contribution in [2.45, 2.75) is 25.4 Å². The molecule has 0 radical (unpaired) electrons. The molecule has 1 aromatic heterocycles. The molecule has 1 aliphatic heterocycles. The lowest BCUT2D eigenvalue weighted by molar-refractivity contribution is 0.0939. The highest BCUT2D eigenvalue weighted by Gasteiger charge is 2.23. The zero-order valence-corrected chi connectivity index (χ0v) is 14.7. The molecule has 0 bridgehead atoms. The third-order valence-corrected chi connectivity index (χ3v) is 4.53. The largest absolute Gasteiger partial charge is 0.395 e. The first-order valence-corrected chi connectivity index (χ1v) is 8.81. The Labute approximate surface area is 151 Å². The van der Waals surface area contributed by atoms with Crippen LogP contribution in [0, 0.1) is 0 Å². The topological polar surface area (TPSA) is 83.3 Å². The number of rotatable bonds is 6. The van der Waals surface area contributed by atoms with Gasteiger partial charge in [-0.05, 0) is 37.1 Å². The van der Waals surface area contributed by atoms with E-state index in [2.05, 4.69) is 26.6 Å². The standard InChI is InChI=1S/C17H22ClN5O2/c18-14-4-1-3-13(9-14)10-22-7-2-5-15(11-22)23-12-16(20-21-23)17(25)19-6-8-24/h1,3-4,9,12,15,24H,2,5-8,10-11H2,(H,19,25). The van der Waals surface area contributed by atoms with Gasteiger partial charge in [0, 0.05) is 24.7 Å². The summed E-state index contributed by atoms with van der Waals surface area (Å²) < 4.78 is 1.78. The molecule has 1 fully saturated rings. The number of aliphatic hydroxyl groups is 1. The average Bonchev–Trinajstić information content (AvgIpc) is 3.10. The second-order valence-electron chi connectivity index (χ2n) is 6.22. The van der Waals surface area contributed by atoms with Crippen LogP contribution in [0.5, 0.6) is 0 Å². The van der Waals surface area contributed by atoms with Crippen LogP contribution in [0.2, 0.25) is 5.02 Å². The van der Waals surface area contributed by atoms with Crippen LogP contribution < -0.4 is 5.32 Å². The molecule has 0 spiro atoms. The molecule has 8 heteroatoms. The monoisotopic (exact) mass is 363 g/mol. The minimum Gasteiger partial charge on any atom is -0.395 e. The summed E-state index contributed by atoms with van der Waals surface area (Å²) in [5.41, 5.74) is 1.47. The highest BCUT2D eigenvalue weighted by molar-refractivity contribution is 6.30. The summed E-state index contributed by atoms with van der Waals surface area (Å²) >= 11 is 6.06. The van der Waals surface area contributed by atoms with Gasteiger partial charge in [-0.2, -0.15) is 0 Å². The molecule has 2 N–H and O–H groups in total. The van der Waals surface area contributed by atoms with Crippen molar-refractivity contribution in [1.29, 1.82) is 0 Å². The van der Waals surface area contributed by atoms with E-state index in [1.54, 1.807) is 10.9 Å². The Morgan fingerprint density at radius 1 is 1.44 bits per heavy atom. The molecule has 134 valence electrons. The SMILES string of the molecule is O=C(NCCO)c1cn(C2CCCN(Cc3cccc(Cl)c3)C2)nn1. The van der Waals surface area contributed by atoms with Gasteiger partial charge in [0.25, 0.3) is 5.91 Å². The molecule has 2 heterocycles. The fraction of sp³-hybridized carbons (Fsp3) is 0.471. The Morgan fingerprint density at radius 2 is 2.32 bits per heavy atom. The van der Waals surface area contributed by atoms with E-state index in [1.807, 2.05) is 18.2 Å². The van der Waals surface area contributed by atoms with E-state index in [-0.39, 0.29) is 30.8 Å². The van der Waals surface area contributed by atoms with E-state index in [0.29, 0.717) is 0 Å². The van der Waals surface area contributed by atoms with Gasteiger partial charge in [0.2, 0.25) is 0 Å². The number of carbonyl (C=O) groups excluding carboxylic acids is 1. The van der Waals surface area contributed by atoms with Crippen LogP contribution in [0.25, 0.3) is 0 Å². The van der Waals surface area contributed by atoms with Gasteiger partial charge in [0.1, 0.15) is 0 Å². The lowest BCUT2D eigenvalue weighted by Gasteiger charge is -2.32. The summed E-state index contributed by atoms with van der Waals surface area (Å²) in [6, 6.07) is 8.11. The maximum Gasteiger partial charge on any atom is 0.273 e. The molecule has 0 aliphatic carbocycles. The van der Waals surface area contributed by atoms with Gasteiger partial charge in [0.05, 0.1) is 18.8 Å². The molecule has 1 unspecified atom stereocenters. The first-order valence-electron chi connectivity index (χ1n) is 8.43. The molecule has 0 saturated carbocycles. The molecule has 1 aromatic carbocycles. The van der Waals surface area contributed by atoms with Gasteiger partial charge >= 0.3 is 0 Å². The zero-order chi connectivity index (χ0) is 17.6. The van der Waals surface area contributed by atoms with Crippen LogP contribution in [0.15, 0.2) is 30.5 Å². The van der Waals surface area contributed by atoms with Gasteiger partial charge in [0.15, 0.2) is 5.69 Å². The highest BCUT2D eigenvalue weighted by Crippen LogP contribution is 2.23. The van der Waals surface area contributed by atoms with Crippen molar-refractivity contribution in [3.05, 3.63) is 46.7 Å². The normalized spacial score (nSPS) is 18.2. The van der Waals surface area contributed by atoms with Crippen molar-refractivity contribution in [3.63, 3.8) is 0 Å². The number of likely N-dealkylation sites (tertiary alicyclic amines) is 1. The van der Waals surface area contributed by atoms with E-state index in [4.69, 9.17) is 16.7 Å². The van der Waals surface area contributed by atoms with Gasteiger partial charge in [-0.1, -0.05) is 28.9 Å². The Kier molecular flexibility index (Phi) is 6.01. The number of piperidine rings is 1. The number of hydrogen-bond donors (Lipinski definition) is 2. The van der Waals surface area contributed by atoms with Crippen LogP contribution >= 0.6 is 11.6 Å². The molecule has 1 amide bonds. The van der Waals surface area contributed by atoms with Crippen molar-refractivity contribution in [1.82, 2.24) is 25.2 Å². The summed E-state index contributed by atoms with van der Waals surface area (Å²) in [6.45, 7) is 2.84. The number of benzene rings is 1. The second-order valence-corrected chi connectivity index (χ2v) is 6.66. The zero-order valence-electron chi connectivity index (χ0n) is 13.9. The number of aliphatic hydroxyl groups excluding tert-OH is 1. The number of aromatic nitrogens is 3. The number of nitrogens with one attached hydrogen (secondary N) is 1. The van der Waals surface area contributed by atoms with Crippen LogP contribution in [-0.2, 0) is 6.54 Å². The molecular formula is C17H22ClN5O2. The van der Waals surface area contributed by atoms with Gasteiger partial charge in [-0.25, -0.2) is 4.68 Å². The average molecular weight is 364 g/mol. The fourth-order valence-electron chi connectivity index (χ4n) is 3.10. The van der Waals surface area contributed by atoms with Crippen LogP contribution in [0.3, 0.4) is 0 Å². The fourth-order valence-corrected chi connectivity index (χ4v) is 3.32. The number of nitrogens with zero attached hydrogens (tertiary/aromatic N) is 4. The summed E-state index contributed by atoms with van der Waals surface area (Å²) in [4.78, 5) is 14.2. The Morgan fingerprint density at radius 3 is 3.12 bits per heavy atom.